The Bertz CT molecular complexity index is 199. The van der Waals surface area contributed by atoms with Crippen LogP contribution in [0.5, 0.6) is 0 Å². The van der Waals surface area contributed by atoms with Gasteiger partial charge in [-0.1, -0.05) is 0 Å². The van der Waals surface area contributed by atoms with Crippen LogP contribution in [-0.4, -0.2) is 29.1 Å². The Morgan fingerprint density at radius 2 is 1.83 bits per heavy atom. The van der Waals surface area contributed by atoms with E-state index in [0.29, 0.717) is 0 Å². The molecule has 1 atom stereocenters. The number of urea groups is 1. The second-order valence-corrected chi connectivity index (χ2v) is 2.06. The van der Waals surface area contributed by atoms with Crippen LogP contribution < -0.4 is 16.8 Å². The normalized spacial score (nSPS) is 11.7. The maximum Gasteiger partial charge on any atom is 0.312 e. The quantitative estimate of drug-likeness (QED) is 0.392. The van der Waals surface area contributed by atoms with Crippen LogP contribution in [0.25, 0.3) is 0 Å². The molecule has 68 valence electrons. The summed E-state index contributed by atoms with van der Waals surface area (Å²) in [6.45, 7) is 0. The molecule has 0 saturated carbocycles. The summed E-state index contributed by atoms with van der Waals surface area (Å²) < 4.78 is 0. The molecule has 0 aliphatic rings. The minimum Gasteiger partial charge on any atom is -0.481 e. The van der Waals surface area contributed by atoms with Crippen LogP contribution >= 0.6 is 0 Å². The molecule has 0 aliphatic heterocycles. The van der Waals surface area contributed by atoms with Gasteiger partial charge in [0.2, 0.25) is 5.91 Å². The van der Waals surface area contributed by atoms with E-state index in [4.69, 9.17) is 10.8 Å². The van der Waals surface area contributed by atoms with Gasteiger partial charge in [0.05, 0.1) is 6.42 Å². The zero-order chi connectivity index (χ0) is 9.72. The van der Waals surface area contributed by atoms with Gasteiger partial charge < -0.3 is 21.9 Å². The highest BCUT2D eigenvalue weighted by molar-refractivity contribution is 5.88. The Balaban J connectivity index is 4.14. The van der Waals surface area contributed by atoms with Crippen LogP contribution in [0, 0.1) is 0 Å². The van der Waals surface area contributed by atoms with E-state index in [2.05, 4.69) is 5.73 Å². The summed E-state index contributed by atoms with van der Waals surface area (Å²) in [6.07, 6.45) is -0.571. The summed E-state index contributed by atoms with van der Waals surface area (Å²) in [5.41, 5.74) is 9.42. The maximum absolute atomic E-state index is 10.5. The first-order valence-electron chi connectivity index (χ1n) is 3.00. The predicted octanol–water partition coefficient (Wildman–Crippen LogP) is -2.02. The predicted molar refractivity (Wildman–Crippen MR) is 38.0 cm³/mol. The number of hydrogen-bond donors (Lipinski definition) is 4. The van der Waals surface area contributed by atoms with Crippen LogP contribution in [0.15, 0.2) is 0 Å². The van der Waals surface area contributed by atoms with Gasteiger partial charge in [-0.25, -0.2) is 4.79 Å². The van der Waals surface area contributed by atoms with E-state index in [0.717, 1.165) is 0 Å². The molecular weight excluding hydrogens is 166 g/mol. The van der Waals surface area contributed by atoms with Crippen molar-refractivity contribution in [2.24, 2.45) is 11.5 Å². The molecule has 0 aromatic carbocycles. The lowest BCUT2D eigenvalue weighted by Gasteiger charge is -2.10. The maximum atomic E-state index is 10.5. The summed E-state index contributed by atoms with van der Waals surface area (Å²) in [4.78, 5) is 30.8. The first-order valence-corrected chi connectivity index (χ1v) is 3.00. The molecule has 7 nitrogen and oxygen atoms in total. The van der Waals surface area contributed by atoms with E-state index in [1.165, 1.54) is 0 Å². The fourth-order valence-electron chi connectivity index (χ4n) is 0.569. The van der Waals surface area contributed by atoms with Crippen molar-refractivity contribution in [1.82, 2.24) is 5.32 Å². The summed E-state index contributed by atoms with van der Waals surface area (Å²) >= 11 is 0. The van der Waals surface area contributed by atoms with Crippen molar-refractivity contribution in [1.29, 1.82) is 0 Å². The number of aliphatic carboxylic acids is 1. The molecular formula is C5H9N3O4. The van der Waals surface area contributed by atoms with E-state index in [1.54, 1.807) is 0 Å². The van der Waals surface area contributed by atoms with Crippen molar-refractivity contribution in [3.63, 3.8) is 0 Å². The number of carbonyl (C=O) groups is 3. The zero-order valence-electron chi connectivity index (χ0n) is 6.11. The number of nitrogens with one attached hydrogen (secondary N) is 1. The van der Waals surface area contributed by atoms with Gasteiger partial charge >= 0.3 is 12.0 Å². The first kappa shape index (κ1) is 10.2. The van der Waals surface area contributed by atoms with Crippen molar-refractivity contribution >= 4 is 17.9 Å². The highest BCUT2D eigenvalue weighted by Gasteiger charge is 2.19. The average molecular weight is 175 g/mol. The average Bonchev–Trinajstić information content (AvgIpc) is 1.83. The van der Waals surface area contributed by atoms with Gasteiger partial charge in [0.25, 0.3) is 0 Å². The van der Waals surface area contributed by atoms with E-state index in [-0.39, 0.29) is 0 Å². The fraction of sp³-hybridized carbons (Fsp3) is 0.400. The molecule has 0 heterocycles. The molecule has 0 aromatic rings. The molecule has 6 N–H and O–H groups in total. The molecule has 0 bridgehead atoms. The topological polar surface area (TPSA) is 136 Å². The minimum atomic E-state index is -1.25. The molecule has 0 aromatic heterocycles. The van der Waals surface area contributed by atoms with Crippen molar-refractivity contribution in [3.8, 4) is 0 Å². The van der Waals surface area contributed by atoms with Gasteiger partial charge in [-0.3, -0.25) is 9.59 Å². The Morgan fingerprint density at radius 3 is 2.08 bits per heavy atom. The van der Waals surface area contributed by atoms with E-state index < -0.39 is 30.4 Å². The Kier molecular flexibility index (Phi) is 3.54. The lowest BCUT2D eigenvalue weighted by molar-refractivity contribution is -0.139. The monoisotopic (exact) mass is 175 g/mol. The van der Waals surface area contributed by atoms with Crippen LogP contribution in [0.2, 0.25) is 0 Å². The van der Waals surface area contributed by atoms with Crippen LogP contribution in [0.4, 0.5) is 4.79 Å². The van der Waals surface area contributed by atoms with Gasteiger partial charge in [0.15, 0.2) is 0 Å². The number of carbonyl (C=O) groups excluding carboxylic acids is 2. The number of carboxylic acid groups (broad SMARTS) is 1. The van der Waals surface area contributed by atoms with Crippen LogP contribution in [-0.2, 0) is 9.59 Å². The van der Waals surface area contributed by atoms with Gasteiger partial charge in [-0.05, 0) is 0 Å². The number of rotatable bonds is 4. The Morgan fingerprint density at radius 1 is 1.33 bits per heavy atom. The number of carboxylic acids is 1. The molecule has 0 fully saturated rings. The van der Waals surface area contributed by atoms with Gasteiger partial charge in [0, 0.05) is 0 Å². The smallest absolute Gasteiger partial charge is 0.312 e. The van der Waals surface area contributed by atoms with Crippen molar-refractivity contribution in [2.75, 3.05) is 0 Å². The molecule has 0 radical (unpaired) electrons. The summed E-state index contributed by atoms with van der Waals surface area (Å²) in [7, 11) is 0. The molecule has 7 heteroatoms. The number of nitrogens with two attached hydrogens (primary N) is 2. The lowest BCUT2D eigenvalue weighted by Crippen LogP contribution is -2.47. The standard InChI is InChI=1S/C5H9N3O4/c6-4(11)2(1-3(9)10)8-5(7)12/h2H,1H2,(H2,6,11)(H,9,10)(H3,7,8,12). The largest absolute Gasteiger partial charge is 0.481 e. The van der Waals surface area contributed by atoms with E-state index >= 15 is 0 Å². The Labute approximate surface area is 67.7 Å². The second-order valence-electron chi connectivity index (χ2n) is 2.06. The number of hydrogen-bond acceptors (Lipinski definition) is 3. The van der Waals surface area contributed by atoms with E-state index in [9.17, 15) is 14.4 Å². The fourth-order valence-corrected chi connectivity index (χ4v) is 0.569. The summed E-state index contributed by atoms with van der Waals surface area (Å²) in [5.74, 6) is -2.18. The number of amides is 3. The highest BCUT2D eigenvalue weighted by Crippen LogP contribution is 1.90. The van der Waals surface area contributed by atoms with Crippen LogP contribution in [0.1, 0.15) is 6.42 Å². The minimum absolute atomic E-state index is 0.571. The Hall–Kier alpha value is -1.79. The van der Waals surface area contributed by atoms with Gasteiger partial charge in [-0.2, -0.15) is 0 Å². The molecule has 1 unspecified atom stereocenters. The highest BCUT2D eigenvalue weighted by atomic mass is 16.4. The molecule has 0 saturated heterocycles. The third kappa shape index (κ3) is 4.09. The number of primary amides is 2. The SMILES string of the molecule is NC(=O)NC(CC(=O)O)C(N)=O. The first-order chi connectivity index (χ1) is 5.43. The summed E-state index contributed by atoms with van der Waals surface area (Å²) in [5, 5.41) is 10.1. The van der Waals surface area contributed by atoms with Crippen molar-refractivity contribution in [2.45, 2.75) is 12.5 Å². The van der Waals surface area contributed by atoms with Gasteiger partial charge in [0.1, 0.15) is 6.04 Å². The van der Waals surface area contributed by atoms with Crippen molar-refractivity contribution in [3.05, 3.63) is 0 Å². The third-order valence-electron chi connectivity index (χ3n) is 1.04. The summed E-state index contributed by atoms with van der Waals surface area (Å²) in [6, 6.07) is -2.24. The van der Waals surface area contributed by atoms with Crippen LogP contribution in [0.3, 0.4) is 0 Å². The van der Waals surface area contributed by atoms with Crippen molar-refractivity contribution < 1.29 is 19.5 Å². The second kappa shape index (κ2) is 4.16. The molecule has 12 heavy (non-hydrogen) atoms. The molecule has 3 amide bonds. The molecule has 0 aliphatic carbocycles. The molecule has 0 rings (SSSR count). The third-order valence-corrected chi connectivity index (χ3v) is 1.04. The molecule has 0 spiro atoms. The van der Waals surface area contributed by atoms with E-state index in [1.807, 2.05) is 5.32 Å². The van der Waals surface area contributed by atoms with Gasteiger partial charge in [-0.15, -0.1) is 0 Å². The lowest BCUT2D eigenvalue weighted by atomic mass is 10.2. The zero-order valence-corrected chi connectivity index (χ0v) is 6.11.